The fraction of sp³-hybridized carbons (Fsp3) is 0.368. The normalized spacial score (nSPS) is 17.5. The van der Waals surface area contributed by atoms with E-state index in [0.717, 1.165) is 5.56 Å². The molecular weight excluding hydrogens is 466 g/mol. The van der Waals surface area contributed by atoms with E-state index in [1.165, 1.54) is 4.31 Å². The Bertz CT molecular complexity index is 951. The van der Waals surface area contributed by atoms with Crippen molar-refractivity contribution in [2.24, 2.45) is 0 Å². The number of rotatable bonds is 7. The number of benzene rings is 2. The van der Waals surface area contributed by atoms with Gasteiger partial charge in [-0.1, -0.05) is 15.9 Å². The maximum absolute atomic E-state index is 13.6. The minimum atomic E-state index is -3.79. The summed E-state index contributed by atoms with van der Waals surface area (Å²) in [7, 11) is -0.639. The van der Waals surface area contributed by atoms with E-state index >= 15 is 0 Å². The maximum Gasteiger partial charge on any atom is 0.248 e. The molecule has 1 atom stereocenters. The summed E-state index contributed by atoms with van der Waals surface area (Å²) in [6.45, 7) is 2.61. The Labute approximate surface area is 178 Å². The summed E-state index contributed by atoms with van der Waals surface area (Å²) >= 11 is 4.93. The lowest BCUT2D eigenvalue weighted by Gasteiger charge is -2.26. The maximum atomic E-state index is 13.6. The molecule has 1 unspecified atom stereocenters. The van der Waals surface area contributed by atoms with Crippen LogP contribution in [0, 0.1) is 0 Å². The average Bonchev–Trinajstić information content (AvgIpc) is 3.19. The van der Waals surface area contributed by atoms with Crippen LogP contribution in [0.25, 0.3) is 0 Å². The van der Waals surface area contributed by atoms with E-state index in [2.05, 4.69) is 15.9 Å². The van der Waals surface area contributed by atoms with Crippen molar-refractivity contribution in [1.29, 1.82) is 0 Å². The van der Waals surface area contributed by atoms with E-state index in [1.807, 2.05) is 13.0 Å². The molecule has 0 saturated carbocycles. The molecule has 28 heavy (non-hydrogen) atoms. The van der Waals surface area contributed by atoms with Gasteiger partial charge in [-0.15, -0.1) is 11.8 Å². The van der Waals surface area contributed by atoms with Crippen molar-refractivity contribution in [3.8, 4) is 17.2 Å². The SMILES string of the molecule is CCOc1ccc(Br)cc1S(=O)(=O)N1CCSC1c1cc(OC)ccc1OC. The van der Waals surface area contributed by atoms with Crippen molar-refractivity contribution in [2.75, 3.05) is 33.1 Å². The van der Waals surface area contributed by atoms with Gasteiger partial charge in [0.15, 0.2) is 0 Å². The molecule has 0 radical (unpaired) electrons. The van der Waals surface area contributed by atoms with Crippen LogP contribution in [0.2, 0.25) is 0 Å². The first-order valence-corrected chi connectivity index (χ1v) is 12.0. The number of nitrogens with zero attached hydrogens (tertiary/aromatic N) is 1. The summed E-state index contributed by atoms with van der Waals surface area (Å²) in [4.78, 5) is 0.151. The third-order valence-corrected chi connectivity index (χ3v) is 8.10. The second-order valence-electron chi connectivity index (χ2n) is 5.97. The van der Waals surface area contributed by atoms with Crippen molar-refractivity contribution in [2.45, 2.75) is 17.2 Å². The monoisotopic (exact) mass is 487 g/mol. The van der Waals surface area contributed by atoms with E-state index in [9.17, 15) is 8.42 Å². The van der Waals surface area contributed by atoms with E-state index in [0.29, 0.717) is 40.6 Å². The number of sulfonamides is 1. The van der Waals surface area contributed by atoms with Crippen molar-refractivity contribution in [1.82, 2.24) is 4.31 Å². The molecule has 1 fully saturated rings. The number of methoxy groups -OCH3 is 2. The molecule has 3 rings (SSSR count). The zero-order valence-corrected chi connectivity index (χ0v) is 19.1. The first-order valence-electron chi connectivity index (χ1n) is 8.70. The summed E-state index contributed by atoms with van der Waals surface area (Å²) in [5.74, 6) is 2.30. The number of hydrogen-bond acceptors (Lipinski definition) is 6. The zero-order chi connectivity index (χ0) is 20.3. The first kappa shape index (κ1) is 21.3. The molecule has 0 amide bonds. The van der Waals surface area contributed by atoms with E-state index in [1.54, 1.807) is 56.3 Å². The van der Waals surface area contributed by atoms with Gasteiger partial charge < -0.3 is 14.2 Å². The average molecular weight is 488 g/mol. The number of thioether (sulfide) groups is 1. The predicted octanol–water partition coefficient (Wildman–Crippen LogP) is 4.30. The van der Waals surface area contributed by atoms with Crippen molar-refractivity contribution in [3.63, 3.8) is 0 Å². The molecule has 1 aliphatic rings. The van der Waals surface area contributed by atoms with Crippen LogP contribution in [0.15, 0.2) is 45.8 Å². The van der Waals surface area contributed by atoms with Crippen LogP contribution in [-0.2, 0) is 10.0 Å². The predicted molar refractivity (Wildman–Crippen MR) is 114 cm³/mol. The lowest BCUT2D eigenvalue weighted by molar-refractivity contribution is 0.328. The highest BCUT2D eigenvalue weighted by molar-refractivity contribution is 9.10. The quantitative estimate of drug-likeness (QED) is 0.579. The van der Waals surface area contributed by atoms with Crippen LogP contribution in [0.5, 0.6) is 17.2 Å². The molecule has 0 bridgehead atoms. The second kappa shape index (κ2) is 8.94. The Balaban J connectivity index is 2.07. The van der Waals surface area contributed by atoms with Crippen LogP contribution in [0.4, 0.5) is 0 Å². The van der Waals surface area contributed by atoms with Gasteiger partial charge in [0, 0.05) is 22.3 Å². The standard InChI is InChI=1S/C19H22BrNO5S2/c1-4-26-17-7-5-13(20)11-18(17)28(22,23)21-9-10-27-19(21)15-12-14(24-2)6-8-16(15)25-3/h5-8,11-12,19H,4,9-10H2,1-3H3. The van der Waals surface area contributed by atoms with E-state index in [4.69, 9.17) is 14.2 Å². The highest BCUT2D eigenvalue weighted by atomic mass is 79.9. The molecule has 0 N–H and O–H groups in total. The molecule has 0 spiro atoms. The molecule has 1 heterocycles. The van der Waals surface area contributed by atoms with Gasteiger partial charge in [0.25, 0.3) is 0 Å². The molecule has 152 valence electrons. The van der Waals surface area contributed by atoms with Crippen molar-refractivity contribution >= 4 is 37.7 Å². The summed E-state index contributed by atoms with van der Waals surface area (Å²) in [5.41, 5.74) is 0.765. The Kier molecular flexibility index (Phi) is 6.80. The van der Waals surface area contributed by atoms with Gasteiger partial charge in [-0.25, -0.2) is 8.42 Å². The van der Waals surface area contributed by atoms with E-state index in [-0.39, 0.29) is 4.90 Å². The van der Waals surface area contributed by atoms with Crippen molar-refractivity contribution < 1.29 is 22.6 Å². The Hall–Kier alpha value is -1.42. The summed E-state index contributed by atoms with van der Waals surface area (Å²) in [6.07, 6.45) is 0. The van der Waals surface area contributed by atoms with Crippen LogP contribution in [-0.4, -0.2) is 45.8 Å². The fourth-order valence-electron chi connectivity index (χ4n) is 3.06. The number of hydrogen-bond donors (Lipinski definition) is 0. The molecule has 0 aliphatic carbocycles. The minimum Gasteiger partial charge on any atom is -0.497 e. The summed E-state index contributed by atoms with van der Waals surface area (Å²) < 4.78 is 45.7. The zero-order valence-electron chi connectivity index (χ0n) is 15.8. The fourth-order valence-corrected chi connectivity index (χ4v) is 6.98. The van der Waals surface area contributed by atoms with Gasteiger partial charge >= 0.3 is 0 Å². The molecule has 1 aliphatic heterocycles. The van der Waals surface area contributed by atoms with Crippen LogP contribution in [0.1, 0.15) is 17.9 Å². The molecule has 2 aromatic carbocycles. The Morgan fingerprint density at radius 2 is 1.89 bits per heavy atom. The summed E-state index contributed by atoms with van der Waals surface area (Å²) in [6, 6.07) is 10.4. The Morgan fingerprint density at radius 1 is 1.14 bits per heavy atom. The summed E-state index contributed by atoms with van der Waals surface area (Å²) in [5, 5.41) is -0.413. The van der Waals surface area contributed by atoms with E-state index < -0.39 is 15.4 Å². The van der Waals surface area contributed by atoms with Gasteiger partial charge in [-0.2, -0.15) is 4.31 Å². The highest BCUT2D eigenvalue weighted by Gasteiger charge is 2.39. The first-order chi connectivity index (χ1) is 13.4. The second-order valence-corrected chi connectivity index (χ2v) is 9.93. The Morgan fingerprint density at radius 3 is 2.57 bits per heavy atom. The van der Waals surface area contributed by atoms with Gasteiger partial charge in [-0.3, -0.25) is 0 Å². The largest absolute Gasteiger partial charge is 0.497 e. The molecule has 9 heteroatoms. The van der Waals surface area contributed by atoms with Gasteiger partial charge in [0.05, 0.1) is 26.2 Å². The lowest BCUT2D eigenvalue weighted by atomic mass is 10.2. The van der Waals surface area contributed by atoms with Gasteiger partial charge in [0.2, 0.25) is 10.0 Å². The third kappa shape index (κ3) is 4.12. The van der Waals surface area contributed by atoms with Gasteiger partial charge in [0.1, 0.15) is 22.1 Å². The number of ether oxygens (including phenoxy) is 3. The molecule has 6 nitrogen and oxygen atoms in total. The topological polar surface area (TPSA) is 65.1 Å². The molecule has 2 aromatic rings. The smallest absolute Gasteiger partial charge is 0.248 e. The molecule has 0 aromatic heterocycles. The van der Waals surface area contributed by atoms with Gasteiger partial charge in [-0.05, 0) is 43.3 Å². The van der Waals surface area contributed by atoms with Crippen LogP contribution >= 0.6 is 27.7 Å². The van der Waals surface area contributed by atoms with Crippen molar-refractivity contribution in [3.05, 3.63) is 46.4 Å². The van der Waals surface area contributed by atoms with Crippen LogP contribution in [0.3, 0.4) is 0 Å². The molecule has 1 saturated heterocycles. The molecular formula is C19H22BrNO5S2. The number of halogens is 1. The lowest BCUT2D eigenvalue weighted by Crippen LogP contribution is -2.31. The third-order valence-electron chi connectivity index (χ3n) is 4.34. The highest BCUT2D eigenvalue weighted by Crippen LogP contribution is 2.46. The van der Waals surface area contributed by atoms with Crippen LogP contribution < -0.4 is 14.2 Å². The minimum absolute atomic E-state index is 0.151.